The summed E-state index contributed by atoms with van der Waals surface area (Å²) in [5, 5.41) is 1.99. The van der Waals surface area contributed by atoms with Gasteiger partial charge in [0.2, 0.25) is 0 Å². The number of hydrogen-bond acceptors (Lipinski definition) is 2. The van der Waals surface area contributed by atoms with Gasteiger partial charge in [0.1, 0.15) is 0 Å². The van der Waals surface area contributed by atoms with Crippen LogP contribution in [-0.2, 0) is 0 Å². The van der Waals surface area contributed by atoms with Crippen molar-refractivity contribution in [2.45, 2.75) is 0 Å². The number of nitrogens with zero attached hydrogens (tertiary/aromatic N) is 1. The van der Waals surface area contributed by atoms with Crippen LogP contribution in [0, 0.1) is 0 Å². The Labute approximate surface area is 41.2 Å². The van der Waals surface area contributed by atoms with E-state index in [0.29, 0.717) is 0 Å². The molecule has 0 aliphatic carbocycles. The zero-order chi connectivity index (χ0) is 4.24. The van der Waals surface area contributed by atoms with E-state index in [-0.39, 0.29) is 0 Å². The lowest BCUT2D eigenvalue weighted by Crippen LogP contribution is -1.77. The molecule has 1 nitrogen and oxygen atoms in total. The zero-order valence-electron chi connectivity index (χ0n) is 3.29. The first-order valence-electron chi connectivity index (χ1n) is 1.78. The van der Waals surface area contributed by atoms with E-state index < -0.39 is 0 Å². The van der Waals surface area contributed by atoms with Gasteiger partial charge in [-0.15, -0.1) is 11.8 Å². The topological polar surface area (TPSA) is 12.4 Å². The average molecular weight is 99.2 g/mol. The fraction of sp³-hybridized carbons (Fsp3) is 0.250. The van der Waals surface area contributed by atoms with E-state index >= 15 is 0 Å². The Morgan fingerprint density at radius 1 is 1.67 bits per heavy atom. The van der Waals surface area contributed by atoms with E-state index in [9.17, 15) is 0 Å². The molecule has 0 aromatic heterocycles. The first-order chi connectivity index (χ1) is 3.00. The van der Waals surface area contributed by atoms with Crippen LogP contribution < -0.4 is 0 Å². The van der Waals surface area contributed by atoms with E-state index in [0.717, 1.165) is 5.75 Å². The lowest BCUT2D eigenvalue weighted by atomic mass is 10.8. The second kappa shape index (κ2) is 2.03. The summed E-state index contributed by atoms with van der Waals surface area (Å²) >= 11 is 1.77. The number of aliphatic imine (C=N–C) groups is 1. The van der Waals surface area contributed by atoms with Crippen molar-refractivity contribution >= 4 is 18.0 Å². The normalized spacial score (nSPS) is 18.7. The second-order valence-corrected chi connectivity index (χ2v) is 1.89. The molecule has 0 spiro atoms. The predicted molar refractivity (Wildman–Crippen MR) is 30.1 cm³/mol. The molecule has 2 heteroatoms. The molecule has 0 saturated heterocycles. The Morgan fingerprint density at radius 2 is 2.67 bits per heavy atom. The lowest BCUT2D eigenvalue weighted by molar-refractivity contribution is 1.59. The molecule has 0 fully saturated rings. The maximum absolute atomic E-state index is 3.85. The van der Waals surface area contributed by atoms with Gasteiger partial charge in [-0.1, -0.05) is 0 Å². The molecule has 32 valence electrons. The van der Waals surface area contributed by atoms with E-state index in [4.69, 9.17) is 0 Å². The van der Waals surface area contributed by atoms with Crippen LogP contribution in [0.2, 0.25) is 0 Å². The molecule has 1 aliphatic heterocycles. The second-order valence-electron chi connectivity index (χ2n) is 0.950. The van der Waals surface area contributed by atoms with Crippen LogP contribution in [0.25, 0.3) is 0 Å². The van der Waals surface area contributed by atoms with Crippen molar-refractivity contribution in [3.8, 4) is 0 Å². The van der Waals surface area contributed by atoms with Crippen LogP contribution in [0.5, 0.6) is 0 Å². The summed E-state index contributed by atoms with van der Waals surface area (Å²) < 4.78 is 0. The van der Waals surface area contributed by atoms with E-state index in [1.807, 2.05) is 11.6 Å². The van der Waals surface area contributed by atoms with Crippen molar-refractivity contribution in [2.75, 3.05) is 5.75 Å². The molecule has 0 amide bonds. The molecular formula is C4H5NS. The fourth-order valence-corrected chi connectivity index (χ4v) is 0.720. The molecule has 0 saturated carbocycles. The van der Waals surface area contributed by atoms with E-state index in [1.165, 1.54) is 0 Å². The molecule has 0 N–H and O–H groups in total. The van der Waals surface area contributed by atoms with Gasteiger partial charge in [0, 0.05) is 18.2 Å². The van der Waals surface area contributed by atoms with Gasteiger partial charge in [-0.3, -0.25) is 4.99 Å². The van der Waals surface area contributed by atoms with Crippen LogP contribution in [0.3, 0.4) is 0 Å². The van der Waals surface area contributed by atoms with Crippen LogP contribution in [0.1, 0.15) is 0 Å². The summed E-state index contributed by atoms with van der Waals surface area (Å²) in [6.07, 6.45) is 3.69. The Morgan fingerprint density at radius 3 is 2.83 bits per heavy atom. The quantitative estimate of drug-likeness (QED) is 0.445. The zero-order valence-corrected chi connectivity index (χ0v) is 4.11. The SMILES string of the molecule is C1=CSCC=N1. The number of rotatable bonds is 0. The summed E-state index contributed by atoms with van der Waals surface area (Å²) in [4.78, 5) is 3.85. The van der Waals surface area contributed by atoms with Crippen LogP contribution in [0.15, 0.2) is 16.6 Å². The minimum Gasteiger partial charge on any atom is -0.268 e. The van der Waals surface area contributed by atoms with Gasteiger partial charge >= 0.3 is 0 Å². The summed E-state index contributed by atoms with van der Waals surface area (Å²) in [6.45, 7) is 0. The first kappa shape index (κ1) is 3.93. The van der Waals surface area contributed by atoms with Gasteiger partial charge in [0.05, 0.1) is 0 Å². The van der Waals surface area contributed by atoms with Gasteiger partial charge in [-0.25, -0.2) is 0 Å². The highest BCUT2D eigenvalue weighted by Gasteiger charge is 1.78. The van der Waals surface area contributed by atoms with E-state index in [1.54, 1.807) is 18.0 Å². The molecule has 1 heterocycles. The molecule has 0 unspecified atom stereocenters. The molecule has 6 heavy (non-hydrogen) atoms. The maximum atomic E-state index is 3.85. The van der Waals surface area contributed by atoms with Crippen molar-refractivity contribution in [3.05, 3.63) is 11.6 Å². The van der Waals surface area contributed by atoms with Crippen LogP contribution >= 0.6 is 11.8 Å². The highest BCUT2D eigenvalue weighted by atomic mass is 32.2. The van der Waals surface area contributed by atoms with Crippen molar-refractivity contribution in [1.82, 2.24) is 0 Å². The highest BCUT2D eigenvalue weighted by Crippen LogP contribution is 2.02. The van der Waals surface area contributed by atoms with Gasteiger partial charge in [-0.2, -0.15) is 0 Å². The van der Waals surface area contributed by atoms with Crippen molar-refractivity contribution < 1.29 is 0 Å². The van der Waals surface area contributed by atoms with Crippen molar-refractivity contribution in [3.63, 3.8) is 0 Å². The Balaban J connectivity index is 2.46. The third-order valence-electron chi connectivity index (χ3n) is 0.519. The molecule has 0 atom stereocenters. The van der Waals surface area contributed by atoms with Crippen LogP contribution in [-0.4, -0.2) is 12.0 Å². The third-order valence-corrected chi connectivity index (χ3v) is 1.18. The first-order valence-corrected chi connectivity index (χ1v) is 2.83. The predicted octanol–water partition coefficient (Wildman–Crippen LogP) is 1.28. The molecule has 0 bridgehead atoms. The average Bonchev–Trinajstić information content (AvgIpc) is 1.72. The molecule has 0 aromatic carbocycles. The lowest BCUT2D eigenvalue weighted by Gasteiger charge is -1.87. The van der Waals surface area contributed by atoms with Gasteiger partial charge < -0.3 is 0 Å². The smallest absolute Gasteiger partial charge is 0.0330 e. The third kappa shape index (κ3) is 0.863. The summed E-state index contributed by atoms with van der Waals surface area (Å²) in [6, 6.07) is 0. The van der Waals surface area contributed by atoms with Crippen molar-refractivity contribution in [1.29, 1.82) is 0 Å². The monoisotopic (exact) mass is 99.0 g/mol. The molecule has 1 aliphatic rings. The Kier molecular flexibility index (Phi) is 1.33. The fourth-order valence-electron chi connectivity index (χ4n) is 0.281. The van der Waals surface area contributed by atoms with Crippen molar-refractivity contribution in [2.24, 2.45) is 4.99 Å². The number of hydrogen-bond donors (Lipinski definition) is 0. The largest absolute Gasteiger partial charge is 0.268 e. The minimum atomic E-state index is 1.04. The maximum Gasteiger partial charge on any atom is 0.0330 e. The number of thioether (sulfide) groups is 1. The summed E-state index contributed by atoms with van der Waals surface area (Å²) in [7, 11) is 0. The molecule has 1 rings (SSSR count). The van der Waals surface area contributed by atoms with E-state index in [2.05, 4.69) is 4.99 Å². The molecular weight excluding hydrogens is 94.1 g/mol. The van der Waals surface area contributed by atoms with Gasteiger partial charge in [0.15, 0.2) is 0 Å². The summed E-state index contributed by atoms with van der Waals surface area (Å²) in [5.74, 6) is 1.04. The molecule has 0 aromatic rings. The minimum absolute atomic E-state index is 1.04. The highest BCUT2D eigenvalue weighted by molar-refractivity contribution is 8.02. The standard InChI is InChI=1S/C4H5NS/c1-3-6-4-2-5-1/h1-3H,4H2. The van der Waals surface area contributed by atoms with Gasteiger partial charge in [0.25, 0.3) is 0 Å². The Hall–Kier alpha value is -0.240. The summed E-state index contributed by atoms with van der Waals surface area (Å²) in [5.41, 5.74) is 0. The Bertz CT molecular complexity index is 73.5. The molecule has 0 radical (unpaired) electrons. The van der Waals surface area contributed by atoms with Crippen LogP contribution in [0.4, 0.5) is 0 Å². The van der Waals surface area contributed by atoms with Gasteiger partial charge in [-0.05, 0) is 5.41 Å².